The number of ether oxygens (including phenoxy) is 1. The van der Waals surface area contributed by atoms with Gasteiger partial charge in [0.05, 0.1) is 5.60 Å². The summed E-state index contributed by atoms with van der Waals surface area (Å²) in [6.07, 6.45) is -2.55. The number of nitrogens with one attached hydrogen (secondary N) is 1. The molecule has 0 amide bonds. The molecule has 1 rings (SSSR count). The van der Waals surface area contributed by atoms with Crippen LogP contribution in [0.3, 0.4) is 0 Å². The summed E-state index contributed by atoms with van der Waals surface area (Å²) < 4.78 is 31.2. The Balaban J connectivity index is 2.78. The summed E-state index contributed by atoms with van der Waals surface area (Å²) in [6.45, 7) is 6.74. The minimum absolute atomic E-state index is 0.0812. The van der Waals surface area contributed by atoms with Crippen LogP contribution in [0.2, 0.25) is 0 Å². The summed E-state index contributed by atoms with van der Waals surface area (Å²) in [5.41, 5.74) is 5.75. The molecule has 0 bridgehead atoms. The van der Waals surface area contributed by atoms with Crippen molar-refractivity contribution in [1.29, 1.82) is 0 Å². The van der Waals surface area contributed by atoms with Crippen molar-refractivity contribution in [2.75, 3.05) is 24.2 Å². The van der Waals surface area contributed by atoms with E-state index in [9.17, 15) is 8.78 Å². The number of nitrogens with two attached hydrogens (primary N) is 1. The summed E-state index contributed by atoms with van der Waals surface area (Å²) in [7, 11) is 0. The average molecular weight is 258 g/mol. The molecule has 0 fully saturated rings. The van der Waals surface area contributed by atoms with E-state index in [4.69, 9.17) is 10.5 Å². The van der Waals surface area contributed by atoms with Gasteiger partial charge >= 0.3 is 0 Å². The summed E-state index contributed by atoms with van der Waals surface area (Å²) >= 11 is 0. The number of benzene rings is 1. The Morgan fingerprint density at radius 3 is 2.61 bits per heavy atom. The highest BCUT2D eigenvalue weighted by molar-refractivity contribution is 5.58. The number of nitrogen functional groups attached to an aromatic ring is 1. The van der Waals surface area contributed by atoms with Crippen LogP contribution in [0.15, 0.2) is 18.2 Å². The fourth-order valence-electron chi connectivity index (χ4n) is 1.67. The summed E-state index contributed by atoms with van der Waals surface area (Å²) in [5, 5.41) is 2.99. The monoisotopic (exact) mass is 258 g/mol. The van der Waals surface area contributed by atoms with Gasteiger partial charge in [-0.05, 0) is 39.0 Å². The Labute approximate surface area is 106 Å². The lowest BCUT2D eigenvalue weighted by Gasteiger charge is -2.26. The zero-order valence-electron chi connectivity index (χ0n) is 11.0. The van der Waals surface area contributed by atoms with Gasteiger partial charge in [-0.1, -0.05) is 0 Å². The molecule has 0 unspecified atom stereocenters. The highest BCUT2D eigenvalue weighted by Gasteiger charge is 2.19. The van der Waals surface area contributed by atoms with Gasteiger partial charge in [0.1, 0.15) is 0 Å². The molecular weight excluding hydrogens is 238 g/mol. The minimum Gasteiger partial charge on any atom is -0.399 e. The molecule has 0 saturated carbocycles. The van der Waals surface area contributed by atoms with Gasteiger partial charge in [-0.25, -0.2) is 8.78 Å². The fraction of sp³-hybridized carbons (Fsp3) is 0.538. The van der Waals surface area contributed by atoms with Crippen molar-refractivity contribution < 1.29 is 13.5 Å². The zero-order valence-corrected chi connectivity index (χ0v) is 11.0. The van der Waals surface area contributed by atoms with E-state index in [1.54, 1.807) is 12.1 Å². The van der Waals surface area contributed by atoms with Crippen LogP contribution in [0.4, 0.5) is 20.2 Å². The van der Waals surface area contributed by atoms with Crippen LogP contribution in [0.1, 0.15) is 32.8 Å². The van der Waals surface area contributed by atoms with Gasteiger partial charge in [0.2, 0.25) is 0 Å². The summed E-state index contributed by atoms with van der Waals surface area (Å²) in [5.74, 6) is 0. The topological polar surface area (TPSA) is 47.3 Å². The molecule has 0 saturated heterocycles. The maximum absolute atomic E-state index is 12.8. The second kappa shape index (κ2) is 6.00. The molecule has 1 aromatic rings. The molecule has 0 aliphatic heterocycles. The van der Waals surface area contributed by atoms with Crippen molar-refractivity contribution in [2.24, 2.45) is 0 Å². The van der Waals surface area contributed by atoms with Gasteiger partial charge < -0.3 is 15.8 Å². The molecule has 0 aliphatic rings. The Hall–Kier alpha value is -1.36. The van der Waals surface area contributed by atoms with E-state index in [1.165, 1.54) is 6.07 Å². The lowest BCUT2D eigenvalue weighted by atomic mass is 10.1. The van der Waals surface area contributed by atoms with Gasteiger partial charge in [-0.2, -0.15) is 0 Å². The molecule has 5 heteroatoms. The standard InChI is InChI=1S/C13H20F2N2O/c1-4-18-13(2,3)8-17-11-6-5-9(16)7-10(11)12(14)15/h5-7,12,17H,4,8,16H2,1-3H3. The number of halogens is 2. The van der Waals surface area contributed by atoms with E-state index >= 15 is 0 Å². The first-order valence-corrected chi connectivity index (χ1v) is 5.91. The van der Waals surface area contributed by atoms with Crippen LogP contribution in [0, 0.1) is 0 Å². The zero-order chi connectivity index (χ0) is 13.8. The van der Waals surface area contributed by atoms with Crippen molar-refractivity contribution in [1.82, 2.24) is 0 Å². The first-order chi connectivity index (χ1) is 8.35. The fourth-order valence-corrected chi connectivity index (χ4v) is 1.67. The van der Waals surface area contributed by atoms with E-state index in [0.717, 1.165) is 0 Å². The van der Waals surface area contributed by atoms with E-state index in [0.29, 0.717) is 24.5 Å². The van der Waals surface area contributed by atoms with Gasteiger partial charge in [0.15, 0.2) is 0 Å². The second-order valence-electron chi connectivity index (χ2n) is 4.69. The molecular formula is C13H20F2N2O. The maximum atomic E-state index is 12.8. The lowest BCUT2D eigenvalue weighted by molar-refractivity contribution is 0.000634. The Morgan fingerprint density at radius 1 is 1.39 bits per heavy atom. The highest BCUT2D eigenvalue weighted by Crippen LogP contribution is 2.29. The molecule has 0 radical (unpaired) electrons. The van der Waals surface area contributed by atoms with E-state index in [2.05, 4.69) is 5.32 Å². The minimum atomic E-state index is -2.55. The van der Waals surface area contributed by atoms with Crippen molar-refractivity contribution in [3.05, 3.63) is 23.8 Å². The molecule has 0 heterocycles. The van der Waals surface area contributed by atoms with Crippen LogP contribution in [0.25, 0.3) is 0 Å². The molecule has 1 aromatic carbocycles. The molecule has 0 spiro atoms. The van der Waals surface area contributed by atoms with Crippen molar-refractivity contribution in [2.45, 2.75) is 32.8 Å². The van der Waals surface area contributed by atoms with Crippen molar-refractivity contribution in [3.63, 3.8) is 0 Å². The largest absolute Gasteiger partial charge is 0.399 e. The number of rotatable bonds is 6. The molecule has 18 heavy (non-hydrogen) atoms. The van der Waals surface area contributed by atoms with E-state index in [-0.39, 0.29) is 5.56 Å². The Bertz CT molecular complexity index is 395. The van der Waals surface area contributed by atoms with Gasteiger partial charge in [-0.15, -0.1) is 0 Å². The van der Waals surface area contributed by atoms with Crippen molar-refractivity contribution >= 4 is 11.4 Å². The van der Waals surface area contributed by atoms with E-state index < -0.39 is 12.0 Å². The first kappa shape index (κ1) is 14.7. The highest BCUT2D eigenvalue weighted by atomic mass is 19.3. The average Bonchev–Trinajstić information content (AvgIpc) is 2.27. The predicted octanol–water partition coefficient (Wildman–Crippen LogP) is 3.43. The quantitative estimate of drug-likeness (QED) is 0.768. The molecule has 0 atom stereocenters. The van der Waals surface area contributed by atoms with Crippen LogP contribution in [-0.2, 0) is 4.74 Å². The van der Waals surface area contributed by atoms with Gasteiger partial charge in [-0.3, -0.25) is 0 Å². The third-order valence-corrected chi connectivity index (χ3v) is 2.55. The molecule has 102 valence electrons. The predicted molar refractivity (Wildman–Crippen MR) is 70.0 cm³/mol. The maximum Gasteiger partial charge on any atom is 0.265 e. The van der Waals surface area contributed by atoms with Crippen LogP contribution in [-0.4, -0.2) is 18.8 Å². The number of anilines is 2. The van der Waals surface area contributed by atoms with Gasteiger partial charge in [0.25, 0.3) is 6.43 Å². The Kier molecular flexibility index (Phi) is 4.90. The Morgan fingerprint density at radius 2 is 2.06 bits per heavy atom. The first-order valence-electron chi connectivity index (χ1n) is 5.91. The number of hydrogen-bond acceptors (Lipinski definition) is 3. The van der Waals surface area contributed by atoms with Crippen molar-refractivity contribution in [3.8, 4) is 0 Å². The molecule has 0 aliphatic carbocycles. The molecule has 0 aromatic heterocycles. The summed E-state index contributed by atoms with van der Waals surface area (Å²) in [6, 6.07) is 4.46. The number of alkyl halides is 2. The smallest absolute Gasteiger partial charge is 0.265 e. The van der Waals surface area contributed by atoms with Crippen LogP contribution in [0.5, 0.6) is 0 Å². The third-order valence-electron chi connectivity index (χ3n) is 2.55. The van der Waals surface area contributed by atoms with Gasteiger partial charge in [0, 0.05) is 30.1 Å². The third kappa shape index (κ3) is 4.14. The van der Waals surface area contributed by atoms with E-state index in [1.807, 2.05) is 20.8 Å². The second-order valence-corrected chi connectivity index (χ2v) is 4.69. The molecule has 3 N–H and O–H groups in total. The van der Waals surface area contributed by atoms with Crippen LogP contribution < -0.4 is 11.1 Å². The lowest BCUT2D eigenvalue weighted by Crippen LogP contribution is -2.33. The number of hydrogen-bond donors (Lipinski definition) is 2. The SMILES string of the molecule is CCOC(C)(C)CNc1ccc(N)cc1C(F)F. The normalized spacial score (nSPS) is 11.9. The molecule has 3 nitrogen and oxygen atoms in total. The summed E-state index contributed by atoms with van der Waals surface area (Å²) in [4.78, 5) is 0. The van der Waals surface area contributed by atoms with Crippen LogP contribution >= 0.6 is 0 Å².